The van der Waals surface area contributed by atoms with E-state index < -0.39 is 11.7 Å². The molecule has 8 heteroatoms. The van der Waals surface area contributed by atoms with Crippen LogP contribution in [0.25, 0.3) is 0 Å². The second kappa shape index (κ2) is 10.3. The smallest absolute Gasteiger partial charge is 0.412 e. The van der Waals surface area contributed by atoms with Gasteiger partial charge in [-0.05, 0) is 51.0 Å². The van der Waals surface area contributed by atoms with Crippen LogP contribution in [0.3, 0.4) is 0 Å². The number of carbonyl (C=O) groups is 1. The molecule has 1 heterocycles. The third-order valence-corrected chi connectivity index (χ3v) is 3.72. The van der Waals surface area contributed by atoms with Crippen LogP contribution in [-0.2, 0) is 17.7 Å². The molecule has 1 aromatic carbocycles. The maximum Gasteiger partial charge on any atom is 0.412 e. The molecule has 28 heavy (non-hydrogen) atoms. The normalized spacial score (nSPS) is 11.8. The number of aromatic nitrogens is 2. The highest BCUT2D eigenvalue weighted by molar-refractivity contribution is 5.84. The van der Waals surface area contributed by atoms with E-state index in [1.807, 2.05) is 62.0 Å². The van der Waals surface area contributed by atoms with Crippen molar-refractivity contribution in [3.8, 4) is 0 Å². The van der Waals surface area contributed by atoms with E-state index in [0.29, 0.717) is 5.69 Å². The molecule has 0 aliphatic rings. The predicted octanol–water partition coefficient (Wildman–Crippen LogP) is 2.64. The Balaban J connectivity index is 1.69. The van der Waals surface area contributed by atoms with E-state index in [4.69, 9.17) is 4.74 Å². The quantitative estimate of drug-likeness (QED) is 0.502. The largest absolute Gasteiger partial charge is 0.444 e. The zero-order chi connectivity index (χ0) is 20.4. The van der Waals surface area contributed by atoms with Gasteiger partial charge in [0.25, 0.3) is 0 Å². The highest BCUT2D eigenvalue weighted by Gasteiger charge is 2.16. The topological polar surface area (TPSA) is 92.6 Å². The summed E-state index contributed by atoms with van der Waals surface area (Å²) in [6, 6.07) is 9.62. The number of hydrogen-bond acceptors (Lipinski definition) is 4. The molecular formula is C20H30N6O2. The number of anilines is 1. The van der Waals surface area contributed by atoms with Crippen molar-refractivity contribution in [2.24, 2.45) is 4.99 Å². The lowest BCUT2D eigenvalue weighted by Gasteiger charge is -2.19. The van der Waals surface area contributed by atoms with Crippen molar-refractivity contribution in [2.75, 3.05) is 25.5 Å². The van der Waals surface area contributed by atoms with Gasteiger partial charge in [-0.15, -0.1) is 0 Å². The second-order valence-electron chi connectivity index (χ2n) is 7.27. The van der Waals surface area contributed by atoms with Crippen molar-refractivity contribution in [2.45, 2.75) is 39.3 Å². The Kier molecular flexibility index (Phi) is 7.86. The Bertz CT molecular complexity index is 748. The van der Waals surface area contributed by atoms with Crippen molar-refractivity contribution in [3.05, 3.63) is 48.3 Å². The average Bonchev–Trinajstić information content (AvgIpc) is 3.13. The third kappa shape index (κ3) is 8.11. The SMILES string of the molecule is CN=C(NCCc1ccc(NC(=O)OC(C)(C)C)cc1)NCCn1cccn1. The summed E-state index contributed by atoms with van der Waals surface area (Å²) in [5.74, 6) is 0.760. The Morgan fingerprint density at radius 1 is 1.18 bits per heavy atom. The average molecular weight is 387 g/mol. The number of amides is 1. The number of hydrogen-bond donors (Lipinski definition) is 3. The molecule has 0 aliphatic carbocycles. The zero-order valence-corrected chi connectivity index (χ0v) is 17.0. The number of guanidine groups is 1. The highest BCUT2D eigenvalue weighted by atomic mass is 16.6. The minimum atomic E-state index is -0.513. The summed E-state index contributed by atoms with van der Waals surface area (Å²) in [4.78, 5) is 16.0. The van der Waals surface area contributed by atoms with E-state index >= 15 is 0 Å². The molecule has 0 bridgehead atoms. The molecule has 152 valence electrons. The Labute approximate surface area is 166 Å². The van der Waals surface area contributed by atoms with Crippen molar-refractivity contribution in [1.29, 1.82) is 0 Å². The van der Waals surface area contributed by atoms with Gasteiger partial charge in [-0.1, -0.05) is 12.1 Å². The monoisotopic (exact) mass is 386 g/mol. The van der Waals surface area contributed by atoms with Gasteiger partial charge in [-0.3, -0.25) is 15.0 Å². The van der Waals surface area contributed by atoms with Gasteiger partial charge in [0.05, 0.1) is 6.54 Å². The maximum atomic E-state index is 11.8. The molecule has 1 amide bonds. The van der Waals surface area contributed by atoms with Crippen molar-refractivity contribution in [3.63, 3.8) is 0 Å². The molecular weight excluding hydrogens is 356 g/mol. The summed E-state index contributed by atoms with van der Waals surface area (Å²) in [7, 11) is 1.75. The van der Waals surface area contributed by atoms with Gasteiger partial charge in [0.1, 0.15) is 5.60 Å². The summed E-state index contributed by atoms with van der Waals surface area (Å²) in [5, 5.41) is 13.4. The number of ether oxygens (including phenoxy) is 1. The zero-order valence-electron chi connectivity index (χ0n) is 17.0. The molecule has 2 rings (SSSR count). The first kappa shape index (κ1) is 21.3. The number of nitrogens with zero attached hydrogens (tertiary/aromatic N) is 3. The van der Waals surface area contributed by atoms with Crippen LogP contribution < -0.4 is 16.0 Å². The van der Waals surface area contributed by atoms with Crippen LogP contribution in [0.5, 0.6) is 0 Å². The number of aliphatic imine (C=N–C) groups is 1. The van der Waals surface area contributed by atoms with Gasteiger partial charge in [0, 0.05) is 38.2 Å². The summed E-state index contributed by atoms with van der Waals surface area (Å²) >= 11 is 0. The lowest BCUT2D eigenvalue weighted by molar-refractivity contribution is 0.0636. The number of rotatable bonds is 7. The lowest BCUT2D eigenvalue weighted by atomic mass is 10.1. The van der Waals surface area contributed by atoms with E-state index in [1.165, 1.54) is 0 Å². The minimum Gasteiger partial charge on any atom is -0.444 e. The van der Waals surface area contributed by atoms with Gasteiger partial charge in [0.15, 0.2) is 5.96 Å². The van der Waals surface area contributed by atoms with Gasteiger partial charge >= 0.3 is 6.09 Å². The fourth-order valence-electron chi connectivity index (χ4n) is 2.44. The summed E-state index contributed by atoms with van der Waals surface area (Å²) in [6.07, 6.45) is 4.08. The van der Waals surface area contributed by atoms with Crippen molar-refractivity contribution < 1.29 is 9.53 Å². The highest BCUT2D eigenvalue weighted by Crippen LogP contribution is 2.13. The van der Waals surface area contributed by atoms with Gasteiger partial charge in [-0.25, -0.2) is 4.79 Å². The van der Waals surface area contributed by atoms with Gasteiger partial charge < -0.3 is 15.4 Å². The molecule has 0 aliphatic heterocycles. The maximum absolute atomic E-state index is 11.8. The molecule has 1 aromatic heterocycles. The number of benzene rings is 1. The van der Waals surface area contributed by atoms with Gasteiger partial charge in [0.2, 0.25) is 0 Å². The Morgan fingerprint density at radius 2 is 1.89 bits per heavy atom. The lowest BCUT2D eigenvalue weighted by Crippen LogP contribution is -2.39. The van der Waals surface area contributed by atoms with Crippen LogP contribution in [0, 0.1) is 0 Å². The van der Waals surface area contributed by atoms with Crippen LogP contribution in [0.15, 0.2) is 47.7 Å². The molecule has 0 spiro atoms. The van der Waals surface area contributed by atoms with E-state index in [9.17, 15) is 4.79 Å². The van der Waals surface area contributed by atoms with E-state index in [-0.39, 0.29) is 0 Å². The first-order chi connectivity index (χ1) is 13.4. The third-order valence-electron chi connectivity index (χ3n) is 3.72. The molecule has 0 saturated carbocycles. The Morgan fingerprint density at radius 3 is 2.50 bits per heavy atom. The predicted molar refractivity (Wildman–Crippen MR) is 112 cm³/mol. The summed E-state index contributed by atoms with van der Waals surface area (Å²) in [5.41, 5.74) is 1.36. The molecule has 0 atom stereocenters. The summed E-state index contributed by atoms with van der Waals surface area (Å²) < 4.78 is 7.11. The van der Waals surface area contributed by atoms with Crippen LogP contribution in [0.1, 0.15) is 26.3 Å². The first-order valence-corrected chi connectivity index (χ1v) is 9.36. The molecule has 3 N–H and O–H groups in total. The van der Waals surface area contributed by atoms with Crippen LogP contribution >= 0.6 is 0 Å². The molecule has 2 aromatic rings. The molecule has 8 nitrogen and oxygen atoms in total. The number of carbonyl (C=O) groups excluding carboxylic acids is 1. The van der Waals surface area contributed by atoms with E-state index in [2.05, 4.69) is 26.0 Å². The standard InChI is InChI=1S/C20H30N6O2/c1-20(2,3)28-19(27)25-17-8-6-16(7-9-17)10-12-22-18(21-4)23-13-15-26-14-5-11-24-26/h5-9,11,14H,10,12-13,15H2,1-4H3,(H,25,27)(H2,21,22,23). The molecule has 0 unspecified atom stereocenters. The fourth-order valence-corrected chi connectivity index (χ4v) is 2.44. The molecule has 0 saturated heterocycles. The molecule has 0 fully saturated rings. The fraction of sp³-hybridized carbons (Fsp3) is 0.450. The second-order valence-corrected chi connectivity index (χ2v) is 7.27. The van der Waals surface area contributed by atoms with Crippen LogP contribution in [0.2, 0.25) is 0 Å². The molecule has 0 radical (unpaired) electrons. The summed E-state index contributed by atoms with van der Waals surface area (Å²) in [6.45, 7) is 7.78. The van der Waals surface area contributed by atoms with Crippen LogP contribution in [0.4, 0.5) is 10.5 Å². The van der Waals surface area contributed by atoms with Gasteiger partial charge in [-0.2, -0.15) is 5.10 Å². The Hall–Kier alpha value is -3.03. The first-order valence-electron chi connectivity index (χ1n) is 9.36. The number of nitrogens with one attached hydrogen (secondary N) is 3. The van der Waals surface area contributed by atoms with E-state index in [1.54, 1.807) is 13.2 Å². The van der Waals surface area contributed by atoms with Crippen molar-refractivity contribution in [1.82, 2.24) is 20.4 Å². The van der Waals surface area contributed by atoms with Crippen LogP contribution in [-0.4, -0.2) is 47.6 Å². The van der Waals surface area contributed by atoms with E-state index in [0.717, 1.165) is 37.6 Å². The van der Waals surface area contributed by atoms with Crippen molar-refractivity contribution >= 4 is 17.7 Å². The minimum absolute atomic E-state index is 0.452.